The molecular weight excluding hydrogens is 599 g/mol. The van der Waals surface area contributed by atoms with E-state index in [0.717, 1.165) is 17.0 Å². The van der Waals surface area contributed by atoms with Crippen LogP contribution in [0.3, 0.4) is 0 Å². The SMILES string of the molecule is CN(C(=O)C(C)(C)c1cc(C(F)(F)F)cc(C(F)(F)F)c1)c1cnc(N2CC[C@H](O)[C@H]2CO)cc1-c1cc(F)ccc1CO. The van der Waals surface area contributed by atoms with Crippen molar-refractivity contribution in [1.29, 1.82) is 0 Å². The minimum atomic E-state index is -5.12. The van der Waals surface area contributed by atoms with Crippen LogP contribution in [0.25, 0.3) is 11.1 Å². The number of pyridine rings is 1. The summed E-state index contributed by atoms with van der Waals surface area (Å²) >= 11 is 0. The molecule has 2 heterocycles. The highest BCUT2D eigenvalue weighted by molar-refractivity contribution is 6.03. The van der Waals surface area contributed by atoms with E-state index in [2.05, 4.69) is 4.98 Å². The van der Waals surface area contributed by atoms with Crippen molar-refractivity contribution in [3.63, 3.8) is 0 Å². The van der Waals surface area contributed by atoms with Gasteiger partial charge in [-0.25, -0.2) is 9.37 Å². The third-order valence-corrected chi connectivity index (χ3v) is 7.90. The Morgan fingerprint density at radius 2 is 1.55 bits per heavy atom. The Morgan fingerprint density at radius 1 is 0.955 bits per heavy atom. The maximum absolute atomic E-state index is 14.5. The van der Waals surface area contributed by atoms with Crippen molar-refractivity contribution in [2.24, 2.45) is 0 Å². The molecule has 14 heteroatoms. The van der Waals surface area contributed by atoms with Crippen LogP contribution in [-0.2, 0) is 29.2 Å². The predicted octanol–water partition coefficient (Wildman–Crippen LogP) is 5.29. The lowest BCUT2D eigenvalue weighted by Gasteiger charge is -2.33. The van der Waals surface area contributed by atoms with Crippen LogP contribution in [0.4, 0.5) is 42.2 Å². The first kappa shape index (κ1) is 33.1. The van der Waals surface area contributed by atoms with E-state index < -0.39 is 71.5 Å². The second kappa shape index (κ2) is 12.0. The third kappa shape index (κ3) is 6.37. The van der Waals surface area contributed by atoms with Crippen molar-refractivity contribution in [2.75, 3.05) is 30.0 Å². The molecular formula is C30H30F7N3O4. The molecule has 7 nitrogen and oxygen atoms in total. The van der Waals surface area contributed by atoms with E-state index in [0.29, 0.717) is 25.1 Å². The smallest absolute Gasteiger partial charge is 0.394 e. The van der Waals surface area contributed by atoms with E-state index in [1.807, 2.05) is 0 Å². The molecule has 0 bridgehead atoms. The number of nitrogens with zero attached hydrogens (tertiary/aromatic N) is 3. The Balaban J connectivity index is 1.86. The summed E-state index contributed by atoms with van der Waals surface area (Å²) in [5.74, 6) is -1.36. The van der Waals surface area contributed by atoms with Crippen LogP contribution in [0.15, 0.2) is 48.7 Å². The highest BCUT2D eigenvalue weighted by Crippen LogP contribution is 2.42. The lowest BCUT2D eigenvalue weighted by molar-refractivity contribution is -0.143. The highest BCUT2D eigenvalue weighted by atomic mass is 19.4. The first-order valence-electron chi connectivity index (χ1n) is 13.4. The first-order valence-corrected chi connectivity index (χ1v) is 13.4. The second-order valence-electron chi connectivity index (χ2n) is 11.1. The number of hydrogen-bond donors (Lipinski definition) is 3. The molecule has 44 heavy (non-hydrogen) atoms. The maximum atomic E-state index is 14.5. The average molecular weight is 630 g/mol. The molecule has 4 rings (SSSR count). The fourth-order valence-electron chi connectivity index (χ4n) is 5.32. The molecule has 1 amide bonds. The van der Waals surface area contributed by atoms with Gasteiger partial charge in [-0.05, 0) is 73.4 Å². The quantitative estimate of drug-likeness (QED) is 0.308. The van der Waals surface area contributed by atoms with E-state index >= 15 is 0 Å². The minimum absolute atomic E-state index is 0.00967. The number of benzene rings is 2. The topological polar surface area (TPSA) is 97.1 Å². The Hall–Kier alpha value is -3.75. The summed E-state index contributed by atoms with van der Waals surface area (Å²) in [6.07, 6.45) is -9.58. The Morgan fingerprint density at radius 3 is 2.09 bits per heavy atom. The van der Waals surface area contributed by atoms with Gasteiger partial charge in [-0.3, -0.25) is 4.79 Å². The largest absolute Gasteiger partial charge is 0.416 e. The molecule has 0 saturated carbocycles. The zero-order valence-electron chi connectivity index (χ0n) is 23.8. The van der Waals surface area contributed by atoms with E-state index in [1.54, 1.807) is 4.90 Å². The number of halogens is 7. The summed E-state index contributed by atoms with van der Waals surface area (Å²) in [5.41, 5.74) is -5.07. The number of likely N-dealkylation sites (N-methyl/N-ethyl adjacent to an activating group) is 1. The van der Waals surface area contributed by atoms with Gasteiger partial charge in [-0.15, -0.1) is 0 Å². The summed E-state index contributed by atoms with van der Waals surface area (Å²) in [4.78, 5) is 20.9. The molecule has 0 spiro atoms. The fraction of sp³-hybridized carbons (Fsp3) is 0.400. The van der Waals surface area contributed by atoms with Gasteiger partial charge in [0.15, 0.2) is 0 Å². The van der Waals surface area contributed by atoms with E-state index in [4.69, 9.17) is 0 Å². The molecule has 2 aromatic carbocycles. The molecule has 1 saturated heterocycles. The van der Waals surface area contributed by atoms with Crippen LogP contribution in [0.1, 0.15) is 42.5 Å². The van der Waals surface area contributed by atoms with Crippen molar-refractivity contribution >= 4 is 17.4 Å². The van der Waals surface area contributed by atoms with Crippen LogP contribution < -0.4 is 9.80 Å². The zero-order valence-corrected chi connectivity index (χ0v) is 23.8. The number of carbonyl (C=O) groups excluding carboxylic acids is 1. The van der Waals surface area contributed by atoms with Crippen molar-refractivity contribution in [1.82, 2.24) is 4.98 Å². The van der Waals surface area contributed by atoms with Gasteiger partial charge in [0.1, 0.15) is 11.6 Å². The number of carbonyl (C=O) groups is 1. The van der Waals surface area contributed by atoms with Gasteiger partial charge in [0, 0.05) is 19.2 Å². The average Bonchev–Trinajstić information content (AvgIpc) is 3.34. The number of anilines is 2. The van der Waals surface area contributed by atoms with Crippen molar-refractivity contribution in [2.45, 2.75) is 56.8 Å². The Kier molecular flexibility index (Phi) is 9.02. The van der Waals surface area contributed by atoms with Gasteiger partial charge in [-0.2, -0.15) is 26.3 Å². The zero-order chi connectivity index (χ0) is 32.8. The van der Waals surface area contributed by atoms with Crippen LogP contribution in [-0.4, -0.2) is 58.6 Å². The van der Waals surface area contributed by atoms with Crippen molar-refractivity contribution in [3.05, 3.63) is 76.7 Å². The van der Waals surface area contributed by atoms with Crippen molar-refractivity contribution < 1.29 is 50.8 Å². The molecule has 1 aliphatic rings. The van der Waals surface area contributed by atoms with Gasteiger partial charge >= 0.3 is 12.4 Å². The molecule has 0 aliphatic carbocycles. The molecule has 1 aromatic heterocycles. The number of hydrogen-bond acceptors (Lipinski definition) is 6. The molecule has 0 unspecified atom stereocenters. The maximum Gasteiger partial charge on any atom is 0.416 e. The summed E-state index contributed by atoms with van der Waals surface area (Å²) in [7, 11) is 1.25. The lowest BCUT2D eigenvalue weighted by atomic mass is 9.81. The molecule has 2 atom stereocenters. The number of alkyl halides is 6. The Labute approximate surface area is 248 Å². The number of aliphatic hydroxyl groups excluding tert-OH is 3. The standard InChI is InChI=1S/C30H30F7N3O4/c1-28(2,17-8-18(29(32,33)34)10-19(9-17)30(35,36)37)27(44)39(3)23-13-38-26(40-7-6-25(43)24(40)15-42)12-22(23)21-11-20(31)5-4-16(21)14-41/h4-5,8-13,24-25,41-43H,6-7,14-15H2,1-3H3/t24-,25+/m1/s1. The summed E-state index contributed by atoms with van der Waals surface area (Å²) in [6.45, 7) is 1.71. The van der Waals surface area contributed by atoms with Crippen LogP contribution in [0, 0.1) is 5.82 Å². The van der Waals surface area contributed by atoms with Crippen LogP contribution in [0.2, 0.25) is 0 Å². The van der Waals surface area contributed by atoms with Gasteiger partial charge in [0.25, 0.3) is 0 Å². The molecule has 0 radical (unpaired) electrons. The molecule has 3 N–H and O–H groups in total. The van der Waals surface area contributed by atoms with Crippen molar-refractivity contribution in [3.8, 4) is 11.1 Å². The summed E-state index contributed by atoms with van der Waals surface area (Å²) in [6, 6.07) is 5.23. The molecule has 1 fully saturated rings. The molecule has 238 valence electrons. The lowest BCUT2D eigenvalue weighted by Crippen LogP contribution is -2.42. The minimum Gasteiger partial charge on any atom is -0.394 e. The fourth-order valence-corrected chi connectivity index (χ4v) is 5.32. The normalized spacial score (nSPS) is 17.7. The first-order chi connectivity index (χ1) is 20.4. The number of rotatable bonds is 7. The van der Waals surface area contributed by atoms with E-state index in [-0.39, 0.29) is 34.3 Å². The number of amides is 1. The molecule has 3 aromatic rings. The summed E-state index contributed by atoms with van der Waals surface area (Å²) in [5, 5.41) is 30.1. The monoisotopic (exact) mass is 629 g/mol. The summed E-state index contributed by atoms with van der Waals surface area (Å²) < 4.78 is 95.9. The number of aliphatic hydroxyl groups is 3. The van der Waals surface area contributed by atoms with Gasteiger partial charge in [0.05, 0.1) is 53.8 Å². The van der Waals surface area contributed by atoms with Crippen LogP contribution >= 0.6 is 0 Å². The van der Waals surface area contributed by atoms with Gasteiger partial charge < -0.3 is 25.1 Å². The highest BCUT2D eigenvalue weighted by Gasteiger charge is 2.41. The molecule has 1 aliphatic heterocycles. The van der Waals surface area contributed by atoms with Gasteiger partial charge in [0.2, 0.25) is 5.91 Å². The Bertz CT molecular complexity index is 1510. The second-order valence-corrected chi connectivity index (χ2v) is 11.1. The third-order valence-electron chi connectivity index (χ3n) is 7.90. The van der Waals surface area contributed by atoms with E-state index in [1.165, 1.54) is 39.2 Å². The predicted molar refractivity (Wildman–Crippen MR) is 147 cm³/mol. The van der Waals surface area contributed by atoms with Crippen LogP contribution in [0.5, 0.6) is 0 Å². The number of aromatic nitrogens is 1. The van der Waals surface area contributed by atoms with Gasteiger partial charge in [-0.1, -0.05) is 6.07 Å². The van der Waals surface area contributed by atoms with E-state index in [9.17, 15) is 50.8 Å².